The first-order chi connectivity index (χ1) is 9.53. The van der Waals surface area contributed by atoms with E-state index in [-0.39, 0.29) is 5.41 Å². The van der Waals surface area contributed by atoms with E-state index in [0.717, 1.165) is 25.1 Å². The lowest BCUT2D eigenvalue weighted by Gasteiger charge is -2.33. The molecule has 1 fully saturated rings. The molecule has 2 rings (SSSR count). The third kappa shape index (κ3) is 2.75. The minimum Gasteiger partial charge on any atom is -0.465 e. The number of hydrogen-bond acceptors (Lipinski definition) is 5. The van der Waals surface area contributed by atoms with Crippen LogP contribution in [0.3, 0.4) is 0 Å². The third-order valence-electron chi connectivity index (χ3n) is 3.97. The van der Waals surface area contributed by atoms with Crippen molar-refractivity contribution in [3.8, 4) is 0 Å². The van der Waals surface area contributed by atoms with Crippen molar-refractivity contribution in [1.82, 2.24) is 0 Å². The molecule has 0 radical (unpaired) electrons. The van der Waals surface area contributed by atoms with Crippen LogP contribution in [-0.2, 0) is 14.9 Å². The molecule has 1 aliphatic rings. The second kappa shape index (κ2) is 6.23. The Bertz CT molecular complexity index is 517. The van der Waals surface area contributed by atoms with Crippen LogP contribution in [0.15, 0.2) is 0 Å². The number of ether oxygens (including phenoxy) is 2. The van der Waals surface area contributed by atoms with Gasteiger partial charge in [0.05, 0.1) is 19.8 Å². The van der Waals surface area contributed by atoms with Gasteiger partial charge in [-0.3, -0.25) is 0 Å². The SMILES string of the molecule is COC(=O)c1psc(C2(C)CCCCC2)c1C(=O)OC. The molecule has 1 aromatic rings. The molecule has 110 valence electrons. The second-order valence-corrected chi connectivity index (χ2v) is 7.66. The zero-order chi connectivity index (χ0) is 14.8. The van der Waals surface area contributed by atoms with Crippen LogP contribution in [0.4, 0.5) is 0 Å². The maximum Gasteiger partial charge on any atom is 0.344 e. The molecule has 1 heterocycles. The number of carbonyl (C=O) groups excluding carboxylic acids is 2. The molecule has 1 aliphatic carbocycles. The van der Waals surface area contributed by atoms with Gasteiger partial charge in [0.1, 0.15) is 5.30 Å². The van der Waals surface area contributed by atoms with Gasteiger partial charge in [-0.05, 0) is 12.8 Å². The average Bonchev–Trinajstić information content (AvgIpc) is 2.92. The lowest BCUT2D eigenvalue weighted by molar-refractivity contribution is 0.0557. The van der Waals surface area contributed by atoms with Crippen molar-refractivity contribution < 1.29 is 19.1 Å². The van der Waals surface area contributed by atoms with Gasteiger partial charge < -0.3 is 9.47 Å². The van der Waals surface area contributed by atoms with Gasteiger partial charge in [-0.2, -0.15) is 0 Å². The monoisotopic (exact) mass is 314 g/mol. The molecular formula is C14H19O4PS. The standard InChI is InChI=1S/C14H19O4PS/c1-14(7-5-4-6-8-14)11-9(12(15)17-2)10(19-20-11)13(16)18-3/h4-8H2,1-3H3. The van der Waals surface area contributed by atoms with E-state index >= 15 is 0 Å². The van der Waals surface area contributed by atoms with Crippen LogP contribution in [0.25, 0.3) is 0 Å². The highest BCUT2D eigenvalue weighted by atomic mass is 32.5. The summed E-state index contributed by atoms with van der Waals surface area (Å²) < 4.78 is 9.67. The Morgan fingerprint density at radius 3 is 2.25 bits per heavy atom. The Hall–Kier alpha value is -0.930. The minimum absolute atomic E-state index is 0.0186. The van der Waals surface area contributed by atoms with Crippen LogP contribution in [0.5, 0.6) is 0 Å². The normalized spacial score (nSPS) is 17.9. The molecule has 1 aromatic heterocycles. The van der Waals surface area contributed by atoms with Crippen molar-refractivity contribution in [1.29, 1.82) is 0 Å². The number of rotatable bonds is 3. The van der Waals surface area contributed by atoms with E-state index < -0.39 is 11.9 Å². The van der Waals surface area contributed by atoms with Crippen molar-refractivity contribution in [2.45, 2.75) is 44.4 Å². The van der Waals surface area contributed by atoms with E-state index in [1.807, 2.05) is 0 Å². The Kier molecular flexibility index (Phi) is 4.82. The van der Waals surface area contributed by atoms with Gasteiger partial charge in [0, 0.05) is 17.7 Å². The number of hydrogen-bond donors (Lipinski definition) is 0. The summed E-state index contributed by atoms with van der Waals surface area (Å²) in [5.41, 5.74) is 0.422. The van der Waals surface area contributed by atoms with Crippen LogP contribution in [-0.4, -0.2) is 26.2 Å². The van der Waals surface area contributed by atoms with E-state index in [1.54, 1.807) is 10.9 Å². The second-order valence-electron chi connectivity index (χ2n) is 5.34. The summed E-state index contributed by atoms with van der Waals surface area (Å²) in [6.45, 7) is 2.19. The molecule has 0 spiro atoms. The van der Waals surface area contributed by atoms with Gasteiger partial charge >= 0.3 is 11.9 Å². The van der Waals surface area contributed by atoms with Crippen molar-refractivity contribution >= 4 is 30.3 Å². The van der Waals surface area contributed by atoms with Crippen LogP contribution in [0.1, 0.15) is 64.4 Å². The largest absolute Gasteiger partial charge is 0.465 e. The number of carbonyl (C=O) groups is 2. The molecule has 0 aliphatic heterocycles. The predicted molar refractivity (Wildman–Crippen MR) is 79.9 cm³/mol. The van der Waals surface area contributed by atoms with Crippen molar-refractivity contribution in [3.05, 3.63) is 15.7 Å². The van der Waals surface area contributed by atoms with Gasteiger partial charge in [0.2, 0.25) is 0 Å². The molecule has 20 heavy (non-hydrogen) atoms. The highest BCUT2D eigenvalue weighted by Crippen LogP contribution is 2.47. The maximum absolute atomic E-state index is 12.1. The summed E-state index contributed by atoms with van der Waals surface area (Å²) in [6, 6.07) is 0. The Labute approximate surface area is 124 Å². The smallest absolute Gasteiger partial charge is 0.344 e. The molecule has 0 unspecified atom stereocenters. The Morgan fingerprint density at radius 2 is 1.70 bits per heavy atom. The third-order valence-corrected chi connectivity index (χ3v) is 6.89. The van der Waals surface area contributed by atoms with Crippen LogP contribution >= 0.6 is 18.3 Å². The first-order valence-corrected chi connectivity index (χ1v) is 9.02. The van der Waals surface area contributed by atoms with E-state index in [1.165, 1.54) is 33.5 Å². The van der Waals surface area contributed by atoms with E-state index in [0.29, 0.717) is 10.9 Å². The fourth-order valence-corrected chi connectivity index (χ4v) is 6.19. The summed E-state index contributed by atoms with van der Waals surface area (Å²) in [5.74, 6) is -0.862. The summed E-state index contributed by atoms with van der Waals surface area (Å²) in [4.78, 5) is 25.0. The molecular weight excluding hydrogens is 295 g/mol. The van der Waals surface area contributed by atoms with Crippen LogP contribution in [0.2, 0.25) is 0 Å². The molecule has 1 saturated carbocycles. The lowest BCUT2D eigenvalue weighted by atomic mass is 9.73. The number of methoxy groups -OCH3 is 2. The van der Waals surface area contributed by atoms with Gasteiger partial charge in [-0.25, -0.2) is 9.59 Å². The quantitative estimate of drug-likeness (QED) is 0.787. The molecule has 0 saturated heterocycles. The summed E-state index contributed by atoms with van der Waals surface area (Å²) in [6.07, 6.45) is 5.69. The summed E-state index contributed by atoms with van der Waals surface area (Å²) >= 11 is 0. The fraction of sp³-hybridized carbons (Fsp3) is 0.643. The molecule has 4 nitrogen and oxygen atoms in total. The molecule has 6 heteroatoms. The molecule has 0 atom stereocenters. The average molecular weight is 314 g/mol. The van der Waals surface area contributed by atoms with Crippen molar-refractivity contribution in [2.75, 3.05) is 14.2 Å². The van der Waals surface area contributed by atoms with Crippen molar-refractivity contribution in [3.63, 3.8) is 0 Å². The van der Waals surface area contributed by atoms with Gasteiger partial charge in [-0.15, -0.1) is 10.9 Å². The van der Waals surface area contributed by atoms with E-state index in [2.05, 4.69) is 6.92 Å². The maximum atomic E-state index is 12.1. The van der Waals surface area contributed by atoms with E-state index in [4.69, 9.17) is 9.47 Å². The topological polar surface area (TPSA) is 52.6 Å². The molecule has 0 N–H and O–H groups in total. The summed E-state index contributed by atoms with van der Waals surface area (Å²) in [5, 5.41) is 0.422. The Balaban J connectivity index is 2.50. The van der Waals surface area contributed by atoms with Gasteiger partial charge in [0.15, 0.2) is 0 Å². The first-order valence-electron chi connectivity index (χ1n) is 6.70. The zero-order valence-electron chi connectivity index (χ0n) is 12.0. The van der Waals surface area contributed by atoms with Gasteiger partial charge in [0.25, 0.3) is 0 Å². The number of esters is 2. The zero-order valence-corrected chi connectivity index (χ0v) is 13.7. The molecule has 0 aromatic carbocycles. The van der Waals surface area contributed by atoms with Crippen LogP contribution in [0, 0.1) is 0 Å². The first kappa shape index (κ1) is 15.5. The molecule has 0 amide bonds. The van der Waals surface area contributed by atoms with Gasteiger partial charge in [-0.1, -0.05) is 26.2 Å². The van der Waals surface area contributed by atoms with E-state index in [9.17, 15) is 9.59 Å². The minimum atomic E-state index is -0.436. The van der Waals surface area contributed by atoms with Crippen LogP contribution < -0.4 is 0 Å². The summed E-state index contributed by atoms with van der Waals surface area (Å²) in [7, 11) is 5.03. The highest BCUT2D eigenvalue weighted by Gasteiger charge is 2.37. The Morgan fingerprint density at radius 1 is 1.10 bits per heavy atom. The lowest BCUT2D eigenvalue weighted by Crippen LogP contribution is -2.27. The predicted octanol–water partition coefficient (Wildman–Crippen LogP) is 4.12. The van der Waals surface area contributed by atoms with Crippen molar-refractivity contribution in [2.24, 2.45) is 0 Å². The molecule has 0 bridgehead atoms. The highest BCUT2D eigenvalue weighted by molar-refractivity contribution is 7.81. The fourth-order valence-electron chi connectivity index (χ4n) is 2.79.